The fourth-order valence-electron chi connectivity index (χ4n) is 3.59. The Kier molecular flexibility index (Phi) is 3.41. The number of anilines is 2. The van der Waals surface area contributed by atoms with Gasteiger partial charge in [0.15, 0.2) is 5.58 Å². The van der Waals surface area contributed by atoms with Crippen molar-refractivity contribution >= 4 is 28.4 Å². The van der Waals surface area contributed by atoms with Crippen LogP contribution in [0.3, 0.4) is 0 Å². The van der Waals surface area contributed by atoms with Crippen molar-refractivity contribution in [2.45, 2.75) is 25.9 Å². The molecule has 2 aliphatic rings. The molecule has 6 nitrogen and oxygen atoms in total. The summed E-state index contributed by atoms with van der Waals surface area (Å²) in [5.74, 6) is 0. The molecule has 1 N–H and O–H groups in total. The molecule has 2 aromatic rings. The molecule has 0 radical (unpaired) electrons. The van der Waals surface area contributed by atoms with Crippen LogP contribution in [0.1, 0.15) is 13.8 Å². The maximum Gasteiger partial charge on any atom is 0.414 e. The van der Waals surface area contributed by atoms with Gasteiger partial charge >= 0.3 is 6.09 Å². The summed E-state index contributed by atoms with van der Waals surface area (Å²) in [6.45, 7) is 7.23. The molecule has 0 aliphatic carbocycles. The fraction of sp³-hybridized carbons (Fsp3) is 0.471. The number of hydrogen-bond acceptors (Lipinski definition) is 5. The van der Waals surface area contributed by atoms with E-state index in [-0.39, 0.29) is 6.09 Å². The van der Waals surface area contributed by atoms with Gasteiger partial charge in [-0.05, 0) is 32.0 Å². The minimum Gasteiger partial charge on any atom is -0.462 e. The molecule has 0 bridgehead atoms. The van der Waals surface area contributed by atoms with E-state index in [1.807, 2.05) is 18.2 Å². The van der Waals surface area contributed by atoms with Gasteiger partial charge in [0.25, 0.3) is 0 Å². The molecule has 3 heterocycles. The molecule has 4 rings (SSSR count). The van der Waals surface area contributed by atoms with E-state index in [4.69, 9.17) is 9.15 Å². The van der Waals surface area contributed by atoms with Gasteiger partial charge in [0.2, 0.25) is 0 Å². The third kappa shape index (κ3) is 2.53. The van der Waals surface area contributed by atoms with Crippen molar-refractivity contribution in [1.29, 1.82) is 0 Å². The van der Waals surface area contributed by atoms with E-state index in [0.717, 1.165) is 35.4 Å². The maximum atomic E-state index is 11.9. The van der Waals surface area contributed by atoms with Crippen LogP contribution in [0.4, 0.5) is 16.2 Å². The van der Waals surface area contributed by atoms with E-state index < -0.39 is 0 Å². The predicted molar refractivity (Wildman–Crippen MR) is 89.2 cm³/mol. The first-order valence-electron chi connectivity index (χ1n) is 8.08. The van der Waals surface area contributed by atoms with E-state index in [9.17, 15) is 4.79 Å². The van der Waals surface area contributed by atoms with Gasteiger partial charge in [-0.25, -0.2) is 4.79 Å². The van der Waals surface area contributed by atoms with Gasteiger partial charge < -0.3 is 19.4 Å². The highest BCUT2D eigenvalue weighted by atomic mass is 16.6. The third-order valence-electron chi connectivity index (χ3n) is 4.49. The van der Waals surface area contributed by atoms with Crippen molar-refractivity contribution in [1.82, 2.24) is 5.32 Å². The Hall–Kier alpha value is -2.21. The summed E-state index contributed by atoms with van der Waals surface area (Å²) >= 11 is 0. The Bertz CT molecular complexity index is 732. The van der Waals surface area contributed by atoms with E-state index in [2.05, 4.69) is 24.1 Å². The standard InChI is InChI=1S/C17H21N3O3/c1-11-9-19(10-12(2)18-11)15-8-14(20-4-6-23-17(20)21)7-13-3-5-22-16(13)15/h3,5,7-8,11-12,18H,4,6,9-10H2,1-2H3/t11-,12+. The zero-order chi connectivity index (χ0) is 16.0. The van der Waals surface area contributed by atoms with Gasteiger partial charge in [-0.1, -0.05) is 0 Å². The average Bonchev–Trinajstić information content (AvgIpc) is 3.13. The van der Waals surface area contributed by atoms with Crippen LogP contribution in [0.15, 0.2) is 28.9 Å². The normalized spacial score (nSPS) is 25.2. The van der Waals surface area contributed by atoms with Crippen molar-refractivity contribution in [2.75, 3.05) is 36.0 Å². The molecule has 2 saturated heterocycles. The lowest BCUT2D eigenvalue weighted by Crippen LogP contribution is -2.54. The van der Waals surface area contributed by atoms with Gasteiger partial charge in [0.05, 0.1) is 24.2 Å². The smallest absolute Gasteiger partial charge is 0.414 e. The third-order valence-corrected chi connectivity index (χ3v) is 4.49. The fourth-order valence-corrected chi connectivity index (χ4v) is 3.59. The minimum absolute atomic E-state index is 0.277. The summed E-state index contributed by atoms with van der Waals surface area (Å²) in [4.78, 5) is 15.9. The Labute approximate surface area is 135 Å². The lowest BCUT2D eigenvalue weighted by atomic mass is 10.1. The van der Waals surface area contributed by atoms with E-state index in [1.54, 1.807) is 11.2 Å². The number of benzene rings is 1. The van der Waals surface area contributed by atoms with Gasteiger partial charge in [0.1, 0.15) is 6.61 Å². The summed E-state index contributed by atoms with van der Waals surface area (Å²) in [5.41, 5.74) is 2.79. The molecule has 1 aromatic heterocycles. The number of nitrogens with zero attached hydrogens (tertiary/aromatic N) is 2. The molecule has 0 spiro atoms. The summed E-state index contributed by atoms with van der Waals surface area (Å²) in [6, 6.07) is 6.79. The second kappa shape index (κ2) is 5.45. The van der Waals surface area contributed by atoms with Crippen LogP contribution in [0.5, 0.6) is 0 Å². The molecule has 2 aliphatic heterocycles. The van der Waals surface area contributed by atoms with Crippen LogP contribution >= 0.6 is 0 Å². The van der Waals surface area contributed by atoms with E-state index >= 15 is 0 Å². The van der Waals surface area contributed by atoms with Crippen LogP contribution in [0.2, 0.25) is 0 Å². The molecule has 1 amide bonds. The van der Waals surface area contributed by atoms with Crippen LogP contribution in [-0.2, 0) is 4.74 Å². The molecule has 23 heavy (non-hydrogen) atoms. The topological polar surface area (TPSA) is 58.0 Å². The summed E-state index contributed by atoms with van der Waals surface area (Å²) in [7, 11) is 0. The Balaban J connectivity index is 1.78. The van der Waals surface area contributed by atoms with Crippen molar-refractivity contribution in [2.24, 2.45) is 0 Å². The number of ether oxygens (including phenoxy) is 1. The SMILES string of the molecule is C[C@@H]1CN(c2cc(N3CCOC3=O)cc3ccoc23)C[C@H](C)N1. The predicted octanol–water partition coefficient (Wildman–Crippen LogP) is 2.58. The first-order valence-corrected chi connectivity index (χ1v) is 8.08. The number of carbonyl (C=O) groups excluding carboxylic acids is 1. The number of amides is 1. The lowest BCUT2D eigenvalue weighted by Gasteiger charge is -2.37. The highest BCUT2D eigenvalue weighted by molar-refractivity contribution is 5.98. The zero-order valence-corrected chi connectivity index (χ0v) is 13.4. The largest absolute Gasteiger partial charge is 0.462 e. The van der Waals surface area contributed by atoms with Crippen molar-refractivity contribution in [3.05, 3.63) is 24.5 Å². The second-order valence-corrected chi connectivity index (χ2v) is 6.44. The summed E-state index contributed by atoms with van der Waals surface area (Å²) in [6.07, 6.45) is 1.43. The number of hydrogen-bond donors (Lipinski definition) is 1. The number of furan rings is 1. The van der Waals surface area contributed by atoms with Crippen molar-refractivity contribution in [3.8, 4) is 0 Å². The zero-order valence-electron chi connectivity index (χ0n) is 13.4. The van der Waals surface area contributed by atoms with Crippen molar-refractivity contribution < 1.29 is 13.9 Å². The molecular weight excluding hydrogens is 294 g/mol. The number of rotatable bonds is 2. The van der Waals surface area contributed by atoms with Crippen LogP contribution in [-0.4, -0.2) is 44.4 Å². The molecule has 2 fully saturated rings. The molecule has 2 atom stereocenters. The van der Waals surface area contributed by atoms with Gasteiger partial charge in [-0.2, -0.15) is 0 Å². The summed E-state index contributed by atoms with van der Waals surface area (Å²) in [5, 5.41) is 4.55. The highest BCUT2D eigenvalue weighted by Gasteiger charge is 2.28. The van der Waals surface area contributed by atoms with Gasteiger partial charge in [0, 0.05) is 30.6 Å². The Morgan fingerprint density at radius 3 is 2.70 bits per heavy atom. The lowest BCUT2D eigenvalue weighted by molar-refractivity contribution is 0.181. The van der Waals surface area contributed by atoms with Gasteiger partial charge in [-0.15, -0.1) is 0 Å². The number of nitrogens with one attached hydrogen (secondary N) is 1. The molecule has 122 valence electrons. The van der Waals surface area contributed by atoms with Crippen LogP contribution < -0.4 is 15.1 Å². The van der Waals surface area contributed by atoms with E-state index in [0.29, 0.717) is 25.2 Å². The quantitative estimate of drug-likeness (QED) is 0.923. The van der Waals surface area contributed by atoms with Crippen LogP contribution in [0.25, 0.3) is 11.0 Å². The van der Waals surface area contributed by atoms with Gasteiger partial charge in [-0.3, -0.25) is 4.90 Å². The summed E-state index contributed by atoms with van der Waals surface area (Å²) < 4.78 is 10.8. The first-order chi connectivity index (χ1) is 11.1. The minimum atomic E-state index is -0.277. The molecule has 0 unspecified atom stereocenters. The Morgan fingerprint density at radius 2 is 2.00 bits per heavy atom. The number of carbonyl (C=O) groups is 1. The molecule has 0 saturated carbocycles. The van der Waals surface area contributed by atoms with E-state index in [1.165, 1.54) is 0 Å². The Morgan fingerprint density at radius 1 is 1.22 bits per heavy atom. The molecular formula is C17H21N3O3. The molecule has 1 aromatic carbocycles. The second-order valence-electron chi connectivity index (χ2n) is 6.44. The number of fused-ring (bicyclic) bond motifs is 1. The monoisotopic (exact) mass is 315 g/mol. The maximum absolute atomic E-state index is 11.9. The first kappa shape index (κ1) is 14.4. The van der Waals surface area contributed by atoms with Crippen LogP contribution in [0, 0.1) is 0 Å². The average molecular weight is 315 g/mol. The number of piperazine rings is 1. The number of cyclic esters (lactones) is 1. The highest BCUT2D eigenvalue weighted by Crippen LogP contribution is 2.35. The molecule has 6 heteroatoms. The van der Waals surface area contributed by atoms with Crippen molar-refractivity contribution in [3.63, 3.8) is 0 Å².